The molecule has 1 amide bonds. The predicted octanol–water partition coefficient (Wildman–Crippen LogP) is 3.38. The Bertz CT molecular complexity index is 650. The van der Waals surface area contributed by atoms with Crippen molar-refractivity contribution in [3.8, 4) is 0 Å². The Morgan fingerprint density at radius 3 is 2.55 bits per heavy atom. The fourth-order valence-electron chi connectivity index (χ4n) is 2.02. The Morgan fingerprint density at radius 1 is 1.27 bits per heavy atom. The summed E-state index contributed by atoms with van der Waals surface area (Å²) in [6.45, 7) is 6.86. The standard InChI is InChI=1S/C18H23N3O/c1-18(2,3)16-12-15(19-20-16)13-21(4)17(22)11-10-14-8-6-5-7-9-14/h5-12H,13H2,1-4H3,(H,19,20). The molecule has 1 N–H and O–H groups in total. The number of aromatic amines is 1. The molecule has 4 heteroatoms. The van der Waals surface area contributed by atoms with Crippen molar-refractivity contribution in [1.82, 2.24) is 15.1 Å². The van der Waals surface area contributed by atoms with Crippen molar-refractivity contribution in [2.75, 3.05) is 7.05 Å². The lowest BCUT2D eigenvalue weighted by molar-refractivity contribution is -0.125. The molecule has 1 heterocycles. The summed E-state index contributed by atoms with van der Waals surface area (Å²) in [7, 11) is 1.79. The van der Waals surface area contributed by atoms with Crippen LogP contribution in [0.4, 0.5) is 0 Å². The Balaban J connectivity index is 1.97. The molecule has 0 aliphatic heterocycles. The van der Waals surface area contributed by atoms with Gasteiger partial charge in [-0.1, -0.05) is 51.1 Å². The molecular formula is C18H23N3O. The maximum Gasteiger partial charge on any atom is 0.246 e. The van der Waals surface area contributed by atoms with Crippen LogP contribution in [0.15, 0.2) is 42.5 Å². The first-order chi connectivity index (χ1) is 10.4. The van der Waals surface area contributed by atoms with Crippen molar-refractivity contribution < 1.29 is 4.79 Å². The Kier molecular flexibility index (Phi) is 4.81. The van der Waals surface area contributed by atoms with Crippen LogP contribution in [-0.4, -0.2) is 28.1 Å². The van der Waals surface area contributed by atoms with Crippen molar-refractivity contribution in [1.29, 1.82) is 0 Å². The first kappa shape index (κ1) is 16.0. The van der Waals surface area contributed by atoms with Crippen LogP contribution in [0.2, 0.25) is 0 Å². The van der Waals surface area contributed by atoms with E-state index in [0.29, 0.717) is 6.54 Å². The normalized spacial score (nSPS) is 11.8. The first-order valence-electron chi connectivity index (χ1n) is 7.39. The highest BCUT2D eigenvalue weighted by Crippen LogP contribution is 2.20. The van der Waals surface area contributed by atoms with Gasteiger partial charge in [-0.05, 0) is 17.7 Å². The monoisotopic (exact) mass is 297 g/mol. The minimum Gasteiger partial charge on any atom is -0.336 e. The molecule has 0 unspecified atom stereocenters. The molecule has 0 bridgehead atoms. The van der Waals surface area contributed by atoms with Crippen LogP contribution in [0.3, 0.4) is 0 Å². The van der Waals surface area contributed by atoms with E-state index in [0.717, 1.165) is 17.0 Å². The fourth-order valence-corrected chi connectivity index (χ4v) is 2.02. The molecule has 0 radical (unpaired) electrons. The smallest absolute Gasteiger partial charge is 0.246 e. The van der Waals surface area contributed by atoms with Gasteiger partial charge in [-0.2, -0.15) is 5.10 Å². The van der Waals surface area contributed by atoms with Gasteiger partial charge in [-0.3, -0.25) is 9.89 Å². The summed E-state index contributed by atoms with van der Waals surface area (Å²) in [6.07, 6.45) is 3.42. The molecule has 0 saturated heterocycles. The van der Waals surface area contributed by atoms with E-state index in [-0.39, 0.29) is 11.3 Å². The molecule has 0 atom stereocenters. The number of H-pyrrole nitrogens is 1. The van der Waals surface area contributed by atoms with E-state index in [2.05, 4.69) is 31.0 Å². The summed E-state index contributed by atoms with van der Waals surface area (Å²) in [6, 6.07) is 11.8. The van der Waals surface area contributed by atoms with Gasteiger partial charge < -0.3 is 4.90 Å². The van der Waals surface area contributed by atoms with Gasteiger partial charge in [0, 0.05) is 18.5 Å². The number of nitrogens with zero attached hydrogens (tertiary/aromatic N) is 2. The number of carbonyl (C=O) groups excluding carboxylic acids is 1. The van der Waals surface area contributed by atoms with E-state index >= 15 is 0 Å². The zero-order valence-electron chi connectivity index (χ0n) is 13.6. The molecular weight excluding hydrogens is 274 g/mol. The van der Waals surface area contributed by atoms with Crippen LogP contribution in [-0.2, 0) is 16.8 Å². The maximum absolute atomic E-state index is 12.1. The van der Waals surface area contributed by atoms with E-state index in [1.54, 1.807) is 18.0 Å². The number of amides is 1. The highest BCUT2D eigenvalue weighted by molar-refractivity contribution is 5.91. The second-order valence-electron chi connectivity index (χ2n) is 6.47. The number of rotatable bonds is 4. The van der Waals surface area contributed by atoms with Gasteiger partial charge in [-0.15, -0.1) is 0 Å². The lowest BCUT2D eigenvalue weighted by Gasteiger charge is -2.14. The Labute approximate surface area is 131 Å². The molecule has 0 saturated carbocycles. The molecule has 22 heavy (non-hydrogen) atoms. The third-order valence-corrected chi connectivity index (χ3v) is 3.40. The Morgan fingerprint density at radius 2 is 1.95 bits per heavy atom. The van der Waals surface area contributed by atoms with Crippen LogP contribution in [0.5, 0.6) is 0 Å². The highest BCUT2D eigenvalue weighted by Gasteiger charge is 2.18. The van der Waals surface area contributed by atoms with E-state index < -0.39 is 0 Å². The summed E-state index contributed by atoms with van der Waals surface area (Å²) >= 11 is 0. The van der Waals surface area contributed by atoms with Gasteiger partial charge >= 0.3 is 0 Å². The summed E-state index contributed by atoms with van der Waals surface area (Å²) in [5.74, 6) is -0.0317. The summed E-state index contributed by atoms with van der Waals surface area (Å²) in [4.78, 5) is 13.8. The molecule has 0 spiro atoms. The van der Waals surface area contributed by atoms with Gasteiger partial charge in [0.25, 0.3) is 0 Å². The SMILES string of the molecule is CN(Cc1cc(C(C)(C)C)n[nH]1)C(=O)C=Cc1ccccc1. The van der Waals surface area contributed by atoms with Gasteiger partial charge in [0.1, 0.15) is 0 Å². The largest absolute Gasteiger partial charge is 0.336 e. The van der Waals surface area contributed by atoms with Gasteiger partial charge in [-0.25, -0.2) is 0 Å². The average Bonchev–Trinajstić information content (AvgIpc) is 2.94. The van der Waals surface area contributed by atoms with Crippen molar-refractivity contribution >= 4 is 12.0 Å². The number of aromatic nitrogens is 2. The number of hydrogen-bond acceptors (Lipinski definition) is 2. The van der Waals surface area contributed by atoms with Crippen molar-refractivity contribution in [3.05, 3.63) is 59.4 Å². The molecule has 116 valence electrons. The fraction of sp³-hybridized carbons (Fsp3) is 0.333. The van der Waals surface area contributed by atoms with E-state index in [1.165, 1.54) is 0 Å². The van der Waals surface area contributed by atoms with Crippen LogP contribution in [0.25, 0.3) is 6.08 Å². The maximum atomic E-state index is 12.1. The molecule has 4 nitrogen and oxygen atoms in total. The summed E-state index contributed by atoms with van der Waals surface area (Å²) < 4.78 is 0. The van der Waals surface area contributed by atoms with E-state index in [4.69, 9.17) is 0 Å². The number of nitrogens with one attached hydrogen (secondary N) is 1. The molecule has 1 aromatic heterocycles. The average molecular weight is 297 g/mol. The van der Waals surface area contributed by atoms with Crippen molar-refractivity contribution in [2.24, 2.45) is 0 Å². The number of benzene rings is 1. The van der Waals surface area contributed by atoms with Crippen LogP contribution >= 0.6 is 0 Å². The van der Waals surface area contributed by atoms with Crippen LogP contribution in [0, 0.1) is 0 Å². The molecule has 2 aromatic rings. The quantitative estimate of drug-likeness (QED) is 0.880. The topological polar surface area (TPSA) is 49.0 Å². The lowest BCUT2D eigenvalue weighted by atomic mass is 9.92. The zero-order chi connectivity index (χ0) is 16.2. The van der Waals surface area contributed by atoms with Gasteiger partial charge in [0.05, 0.1) is 17.9 Å². The highest BCUT2D eigenvalue weighted by atomic mass is 16.2. The third-order valence-electron chi connectivity index (χ3n) is 3.40. The minimum absolute atomic E-state index is 0.00451. The first-order valence-corrected chi connectivity index (χ1v) is 7.39. The third kappa shape index (κ3) is 4.32. The van der Waals surface area contributed by atoms with E-state index in [9.17, 15) is 4.79 Å². The summed E-state index contributed by atoms with van der Waals surface area (Å²) in [5.41, 5.74) is 2.96. The molecule has 0 fully saturated rings. The van der Waals surface area contributed by atoms with E-state index in [1.807, 2.05) is 42.5 Å². The predicted molar refractivity (Wildman–Crippen MR) is 89.2 cm³/mol. The molecule has 0 aliphatic carbocycles. The minimum atomic E-state index is -0.0317. The Hall–Kier alpha value is -2.36. The van der Waals surface area contributed by atoms with Gasteiger partial charge in [0.15, 0.2) is 0 Å². The summed E-state index contributed by atoms with van der Waals surface area (Å²) in [5, 5.41) is 7.32. The molecule has 0 aliphatic rings. The molecule has 2 rings (SSSR count). The molecule has 1 aromatic carbocycles. The number of carbonyl (C=O) groups is 1. The van der Waals surface area contributed by atoms with Crippen LogP contribution < -0.4 is 0 Å². The lowest BCUT2D eigenvalue weighted by Crippen LogP contribution is -2.24. The number of likely N-dealkylation sites (N-methyl/N-ethyl adjacent to an activating group) is 1. The second-order valence-corrected chi connectivity index (χ2v) is 6.47. The second kappa shape index (κ2) is 6.60. The number of hydrogen-bond donors (Lipinski definition) is 1. The van der Waals surface area contributed by atoms with Crippen LogP contribution in [0.1, 0.15) is 37.7 Å². The van der Waals surface area contributed by atoms with Gasteiger partial charge in [0.2, 0.25) is 5.91 Å². The zero-order valence-corrected chi connectivity index (χ0v) is 13.6. The van der Waals surface area contributed by atoms with Crippen molar-refractivity contribution in [3.63, 3.8) is 0 Å². The van der Waals surface area contributed by atoms with Crippen molar-refractivity contribution in [2.45, 2.75) is 32.7 Å².